The van der Waals surface area contributed by atoms with E-state index in [2.05, 4.69) is 37.7 Å². The molecule has 1 N–H and O–H groups in total. The summed E-state index contributed by atoms with van der Waals surface area (Å²) in [6, 6.07) is 9.44. The van der Waals surface area contributed by atoms with Crippen LogP contribution in [0.2, 0.25) is 0 Å². The summed E-state index contributed by atoms with van der Waals surface area (Å²) < 4.78 is 24.0. The zero-order valence-electron chi connectivity index (χ0n) is 17.2. The first-order chi connectivity index (χ1) is 13.5. The van der Waals surface area contributed by atoms with Gasteiger partial charge in [0, 0.05) is 11.1 Å². The first kappa shape index (κ1) is 23.1. The number of amides is 1. The predicted octanol–water partition coefficient (Wildman–Crippen LogP) is 2.37. The van der Waals surface area contributed by atoms with Crippen LogP contribution < -0.4 is 9.67 Å². The van der Waals surface area contributed by atoms with E-state index < -0.39 is 22.7 Å². The van der Waals surface area contributed by atoms with Crippen LogP contribution in [0.25, 0.3) is 12.2 Å². The Morgan fingerprint density at radius 2 is 1.97 bits per heavy atom. The third-order valence-electron chi connectivity index (χ3n) is 4.08. The average molecular weight is 474 g/mol. The molecule has 0 aliphatic heterocycles. The van der Waals surface area contributed by atoms with E-state index in [1.165, 1.54) is 12.3 Å². The van der Waals surface area contributed by atoms with Crippen LogP contribution in [0.15, 0.2) is 49.2 Å². The minimum atomic E-state index is -3.00. The van der Waals surface area contributed by atoms with Gasteiger partial charge in [-0.15, -0.1) is 0 Å². The van der Waals surface area contributed by atoms with E-state index in [9.17, 15) is 13.2 Å². The molecule has 1 unspecified atom stereocenters. The monoisotopic (exact) mass is 474 g/mol. The van der Waals surface area contributed by atoms with Crippen molar-refractivity contribution in [3.05, 3.63) is 71.6 Å². The number of aromatic nitrogens is 1. The summed E-state index contributed by atoms with van der Waals surface area (Å²) in [6.07, 6.45) is 7.87. The number of rotatable bonds is 7. The van der Waals surface area contributed by atoms with E-state index >= 15 is 0 Å². The number of nitrogens with one attached hydrogen (secondary N) is 1. The molecule has 0 aliphatic rings. The number of hydrogen-bond donors (Lipinski definition) is 1. The first-order valence-corrected chi connectivity index (χ1v) is 14.6. The van der Waals surface area contributed by atoms with Gasteiger partial charge in [-0.25, -0.2) is 0 Å². The van der Waals surface area contributed by atoms with Crippen molar-refractivity contribution in [3.63, 3.8) is 0 Å². The molecule has 0 radical (unpaired) electrons. The third-order valence-corrected chi connectivity index (χ3v) is 9.34. The van der Waals surface area contributed by atoms with Crippen LogP contribution in [0.1, 0.15) is 43.2 Å². The van der Waals surface area contributed by atoms with Gasteiger partial charge in [0.1, 0.15) is 0 Å². The van der Waals surface area contributed by atoms with Gasteiger partial charge in [0.05, 0.1) is 0 Å². The average Bonchev–Trinajstić information content (AvgIpc) is 2.64. The molecule has 1 atom stereocenters. The summed E-state index contributed by atoms with van der Waals surface area (Å²) in [6.45, 7) is 10.4. The second-order valence-corrected chi connectivity index (χ2v) is 16.6. The molecule has 0 fully saturated rings. The van der Waals surface area contributed by atoms with Crippen molar-refractivity contribution in [2.45, 2.75) is 32.7 Å². The van der Waals surface area contributed by atoms with Crippen molar-refractivity contribution in [2.24, 2.45) is 0 Å². The van der Waals surface area contributed by atoms with Crippen molar-refractivity contribution in [1.82, 2.24) is 10.3 Å². The van der Waals surface area contributed by atoms with Gasteiger partial charge in [0.15, 0.2) is 0 Å². The van der Waals surface area contributed by atoms with Crippen molar-refractivity contribution >= 4 is 45.1 Å². The molecule has 0 spiro atoms. The van der Waals surface area contributed by atoms with Crippen molar-refractivity contribution < 1.29 is 13.2 Å². The molecule has 2 aromatic rings. The fourth-order valence-corrected chi connectivity index (χ4v) is 7.36. The first-order valence-electron chi connectivity index (χ1n) is 9.13. The van der Waals surface area contributed by atoms with Gasteiger partial charge in [-0.05, 0) is 0 Å². The Bertz CT molecular complexity index is 1020. The molecular weight excluding hydrogens is 447 g/mol. The van der Waals surface area contributed by atoms with Gasteiger partial charge in [0.25, 0.3) is 0 Å². The summed E-state index contributed by atoms with van der Waals surface area (Å²) in [7, 11) is -3.00. The predicted molar refractivity (Wildman–Crippen MR) is 122 cm³/mol. The summed E-state index contributed by atoms with van der Waals surface area (Å²) in [4.78, 5) is 16.6. The molecule has 1 aromatic carbocycles. The minimum absolute atomic E-state index is 0.0109. The molecule has 7 heteroatoms. The van der Waals surface area contributed by atoms with Crippen LogP contribution in [0.4, 0.5) is 0 Å². The standard InChI is InChI=1S/C22H27AsN2O3S/c1-6-18-13-17(7-10-19(18)23-29(5,27)28)15-25-21(26)12-9-16-8-11-20(24-14-16)22(2,3)4/h6-14,23H,1,15H2,2-5H3,(H,25,26)/b12-9+. The number of nitrogens with zero attached hydrogens (tertiary/aromatic N) is 1. The summed E-state index contributed by atoms with van der Waals surface area (Å²) in [5.41, 5.74) is 3.54. The molecule has 0 bridgehead atoms. The van der Waals surface area contributed by atoms with Gasteiger partial charge in [-0.1, -0.05) is 20.8 Å². The third kappa shape index (κ3) is 7.63. The molecule has 1 heterocycles. The Kier molecular flexibility index (Phi) is 7.61. The Hall–Kier alpha value is -2.17. The van der Waals surface area contributed by atoms with Crippen molar-refractivity contribution in [2.75, 3.05) is 6.26 Å². The Labute approximate surface area is 178 Å². The van der Waals surface area contributed by atoms with Gasteiger partial charge in [-0.2, -0.15) is 0 Å². The van der Waals surface area contributed by atoms with Crippen LogP contribution in [0.5, 0.6) is 0 Å². The topological polar surface area (TPSA) is 76.1 Å². The molecule has 1 amide bonds. The molecule has 29 heavy (non-hydrogen) atoms. The summed E-state index contributed by atoms with van der Waals surface area (Å²) >= 11 is -1.27. The molecule has 0 aliphatic carbocycles. The Morgan fingerprint density at radius 3 is 2.52 bits per heavy atom. The number of benzene rings is 1. The van der Waals surface area contributed by atoms with E-state index in [4.69, 9.17) is 0 Å². The van der Waals surface area contributed by atoms with Gasteiger partial charge in [-0.3, -0.25) is 0 Å². The Balaban J connectivity index is 1.98. The molecule has 154 valence electrons. The SMILES string of the molecule is C=Cc1cc(CNC(=O)/C=C/c2ccc(C(C)(C)C)nc2)ccc1[AsH]S(C)(=O)=O. The van der Waals surface area contributed by atoms with Crippen LogP contribution in [-0.4, -0.2) is 40.2 Å². The van der Waals surface area contributed by atoms with E-state index in [0.29, 0.717) is 6.54 Å². The zero-order valence-corrected chi connectivity index (χ0v) is 20.1. The second-order valence-electron chi connectivity index (χ2n) is 7.78. The molecule has 0 saturated carbocycles. The molecular formula is C22H27AsN2O3S. The van der Waals surface area contributed by atoms with Gasteiger partial charge < -0.3 is 0 Å². The van der Waals surface area contributed by atoms with Crippen molar-refractivity contribution in [3.8, 4) is 0 Å². The maximum atomic E-state index is 12.1. The fraction of sp³-hybridized carbons (Fsp3) is 0.273. The number of carbonyl (C=O) groups is 1. The molecule has 2 rings (SSSR count). The summed E-state index contributed by atoms with van der Waals surface area (Å²) in [5.74, 6) is -0.210. The molecule has 0 saturated heterocycles. The van der Waals surface area contributed by atoms with E-state index in [1.807, 2.05) is 30.3 Å². The van der Waals surface area contributed by atoms with Crippen molar-refractivity contribution in [1.29, 1.82) is 0 Å². The van der Waals surface area contributed by atoms with Crippen LogP contribution >= 0.6 is 0 Å². The van der Waals surface area contributed by atoms with Gasteiger partial charge >= 0.3 is 147 Å². The number of hydrogen-bond acceptors (Lipinski definition) is 4. The zero-order chi connectivity index (χ0) is 21.7. The Morgan fingerprint density at radius 1 is 1.24 bits per heavy atom. The van der Waals surface area contributed by atoms with Crippen LogP contribution in [0, 0.1) is 0 Å². The second kappa shape index (κ2) is 9.55. The van der Waals surface area contributed by atoms with Gasteiger partial charge in [0.2, 0.25) is 0 Å². The summed E-state index contributed by atoms with van der Waals surface area (Å²) in [5, 5.41) is 2.84. The van der Waals surface area contributed by atoms with E-state index in [-0.39, 0.29) is 11.3 Å². The normalized spacial score (nSPS) is 12.6. The molecule has 1 aromatic heterocycles. The fourth-order valence-electron chi connectivity index (χ4n) is 2.55. The maximum absolute atomic E-state index is 12.1. The molecule has 5 nitrogen and oxygen atoms in total. The van der Waals surface area contributed by atoms with Crippen LogP contribution in [0.3, 0.4) is 0 Å². The number of carbonyl (C=O) groups excluding carboxylic acids is 1. The van der Waals surface area contributed by atoms with E-state index in [0.717, 1.165) is 26.7 Å². The van der Waals surface area contributed by atoms with E-state index in [1.54, 1.807) is 18.3 Å². The number of pyridine rings is 1. The van der Waals surface area contributed by atoms with Crippen LogP contribution in [-0.2, 0) is 24.9 Å². The quantitative estimate of drug-likeness (QED) is 0.494.